The Hall–Kier alpha value is -4.31. The number of carbonyl (C=O) groups excluding carboxylic acids is 1. The van der Waals surface area contributed by atoms with Crippen molar-refractivity contribution < 1.29 is 9.90 Å². The molecule has 2 nitrogen and oxygen atoms in total. The van der Waals surface area contributed by atoms with E-state index in [1.165, 1.54) is 15.6 Å². The van der Waals surface area contributed by atoms with Gasteiger partial charge in [0.25, 0.3) is 0 Å². The number of benzene rings is 5. The van der Waals surface area contributed by atoms with Gasteiger partial charge in [-0.15, -0.1) is 0 Å². The molecule has 192 valence electrons. The Morgan fingerprint density at radius 1 is 0.564 bits per heavy atom. The number of aliphatic hydroxyl groups is 1. The van der Waals surface area contributed by atoms with E-state index in [1.54, 1.807) is 12.1 Å². The van der Waals surface area contributed by atoms with Crippen LogP contribution in [0.25, 0.3) is 0 Å². The van der Waals surface area contributed by atoms with Gasteiger partial charge in [0.2, 0.25) is 0 Å². The summed E-state index contributed by atoms with van der Waals surface area (Å²) in [5.74, 6) is -0.295. The van der Waals surface area contributed by atoms with Crippen molar-refractivity contribution in [2.75, 3.05) is 0 Å². The summed E-state index contributed by atoms with van der Waals surface area (Å²) in [7, 11) is -2.44. The van der Waals surface area contributed by atoms with E-state index >= 15 is 0 Å². The first-order valence-electron chi connectivity index (χ1n) is 13.3. The summed E-state index contributed by atoms with van der Waals surface area (Å²) in [6, 6.07) is 51.4. The number of hydrogen-bond donors (Lipinski definition) is 1. The van der Waals surface area contributed by atoms with E-state index < -0.39 is 13.7 Å². The fourth-order valence-corrected chi connectivity index (χ4v) is 9.93. The minimum Gasteiger partial charge on any atom is -0.377 e. The van der Waals surface area contributed by atoms with E-state index in [2.05, 4.69) is 97.1 Å². The van der Waals surface area contributed by atoms with Gasteiger partial charge in [0.1, 0.15) is 0 Å². The normalized spacial score (nSPS) is 13.2. The SMILES string of the molecule is O=C(c1ccccc1)C(O)(C/C=C/C[Si](c1ccccc1)(c1ccccc1)c1ccccc1)c1ccccc1. The molecule has 5 aromatic rings. The van der Waals surface area contributed by atoms with Gasteiger partial charge in [-0.3, -0.25) is 4.79 Å². The van der Waals surface area contributed by atoms with E-state index in [9.17, 15) is 9.90 Å². The van der Waals surface area contributed by atoms with Gasteiger partial charge in [-0.2, -0.15) is 0 Å². The topological polar surface area (TPSA) is 37.3 Å². The molecule has 0 spiro atoms. The highest BCUT2D eigenvalue weighted by molar-refractivity contribution is 7.11. The second kappa shape index (κ2) is 12.0. The number of carbonyl (C=O) groups is 1. The Kier molecular flexibility index (Phi) is 8.12. The minimum absolute atomic E-state index is 0.188. The zero-order valence-corrected chi connectivity index (χ0v) is 22.9. The third-order valence-corrected chi connectivity index (χ3v) is 12.3. The molecule has 1 unspecified atom stereocenters. The lowest BCUT2D eigenvalue weighted by Crippen LogP contribution is -2.66. The third kappa shape index (κ3) is 5.46. The van der Waals surface area contributed by atoms with Crippen molar-refractivity contribution in [3.63, 3.8) is 0 Å². The van der Waals surface area contributed by atoms with Gasteiger partial charge in [-0.25, -0.2) is 0 Å². The zero-order chi connectivity index (χ0) is 27.0. The molecule has 0 saturated heterocycles. The zero-order valence-electron chi connectivity index (χ0n) is 21.9. The van der Waals surface area contributed by atoms with E-state index in [0.717, 1.165) is 6.04 Å². The lowest BCUT2D eigenvalue weighted by Gasteiger charge is -2.33. The molecular weight excluding hydrogens is 492 g/mol. The molecule has 0 aliphatic carbocycles. The maximum absolute atomic E-state index is 13.6. The Morgan fingerprint density at radius 3 is 1.38 bits per heavy atom. The van der Waals surface area contributed by atoms with Crippen molar-refractivity contribution in [3.05, 3.63) is 175 Å². The molecule has 0 bridgehead atoms. The molecule has 0 aliphatic rings. The maximum atomic E-state index is 13.6. The van der Waals surface area contributed by atoms with E-state index in [1.807, 2.05) is 54.6 Å². The first-order chi connectivity index (χ1) is 19.1. The van der Waals surface area contributed by atoms with Gasteiger partial charge >= 0.3 is 0 Å². The van der Waals surface area contributed by atoms with Crippen molar-refractivity contribution in [1.82, 2.24) is 0 Å². The largest absolute Gasteiger partial charge is 0.377 e. The summed E-state index contributed by atoms with van der Waals surface area (Å²) in [5.41, 5.74) is -0.560. The van der Waals surface area contributed by atoms with Crippen LogP contribution < -0.4 is 15.6 Å². The van der Waals surface area contributed by atoms with Gasteiger partial charge < -0.3 is 5.11 Å². The fourth-order valence-electron chi connectivity index (χ4n) is 5.42. The van der Waals surface area contributed by atoms with Crippen molar-refractivity contribution in [2.24, 2.45) is 0 Å². The minimum atomic E-state index is -2.44. The number of rotatable bonds is 10. The van der Waals surface area contributed by atoms with Crippen molar-refractivity contribution in [1.29, 1.82) is 0 Å². The number of Topliss-reactive ketones (excluding diaryl/α,β-unsaturated/α-hetero) is 1. The van der Waals surface area contributed by atoms with Crippen LogP contribution in [-0.2, 0) is 5.60 Å². The summed E-state index contributed by atoms with van der Waals surface area (Å²) in [4.78, 5) is 13.6. The van der Waals surface area contributed by atoms with Crippen molar-refractivity contribution >= 4 is 29.4 Å². The van der Waals surface area contributed by atoms with Crippen molar-refractivity contribution in [3.8, 4) is 0 Å². The monoisotopic (exact) mass is 524 g/mol. The quantitative estimate of drug-likeness (QED) is 0.107. The Labute approximate surface area is 231 Å². The third-order valence-electron chi connectivity index (χ3n) is 7.47. The van der Waals surface area contributed by atoms with Crippen LogP contribution >= 0.6 is 0 Å². The summed E-state index contributed by atoms with van der Waals surface area (Å²) < 4.78 is 0. The number of allylic oxidation sites excluding steroid dienone is 1. The fraction of sp³-hybridized carbons (Fsp3) is 0.0833. The average molecular weight is 525 g/mol. The molecular formula is C36H32O2Si. The van der Waals surface area contributed by atoms with Crippen LogP contribution in [0.4, 0.5) is 0 Å². The molecule has 5 rings (SSSR count). The van der Waals surface area contributed by atoms with Crippen LogP contribution in [0.15, 0.2) is 164 Å². The van der Waals surface area contributed by atoms with Crippen LogP contribution in [0.2, 0.25) is 6.04 Å². The Balaban J connectivity index is 1.55. The van der Waals surface area contributed by atoms with E-state index in [4.69, 9.17) is 0 Å². The standard InChI is InChI=1S/C36H32O2Si/c37-35(30-18-6-1-7-19-30)36(38,31-20-8-2-9-21-31)28-16-17-29-39(32-22-10-3-11-23-32,33-24-12-4-13-25-33)34-26-14-5-15-27-34/h1-27,38H,28-29H2/b17-16+. The lowest BCUT2D eigenvalue weighted by atomic mass is 9.83. The highest BCUT2D eigenvalue weighted by atomic mass is 28.3. The molecule has 0 radical (unpaired) electrons. The molecule has 0 amide bonds. The summed E-state index contributed by atoms with van der Waals surface area (Å²) in [5, 5.41) is 15.9. The molecule has 0 aliphatic heterocycles. The van der Waals surface area contributed by atoms with E-state index in [-0.39, 0.29) is 12.2 Å². The number of hydrogen-bond acceptors (Lipinski definition) is 2. The first kappa shape index (κ1) is 26.3. The van der Waals surface area contributed by atoms with Crippen LogP contribution in [0, 0.1) is 0 Å². The van der Waals surface area contributed by atoms with Gasteiger partial charge in [0, 0.05) is 12.0 Å². The molecule has 0 fully saturated rings. The van der Waals surface area contributed by atoms with Gasteiger partial charge in [0.05, 0.1) is 0 Å². The highest BCUT2D eigenvalue weighted by Gasteiger charge is 2.39. The molecule has 0 heterocycles. The molecule has 1 N–H and O–H groups in total. The van der Waals surface area contributed by atoms with Crippen molar-refractivity contribution in [2.45, 2.75) is 18.1 Å². The summed E-state index contributed by atoms with van der Waals surface area (Å²) in [6.45, 7) is 0. The lowest BCUT2D eigenvalue weighted by molar-refractivity contribution is 0.0312. The maximum Gasteiger partial charge on any atom is 0.199 e. The molecule has 0 saturated carbocycles. The molecule has 1 atom stereocenters. The van der Waals surface area contributed by atoms with Crippen LogP contribution in [-0.4, -0.2) is 19.0 Å². The molecule has 0 aromatic heterocycles. The molecule has 39 heavy (non-hydrogen) atoms. The molecule has 3 heteroatoms. The predicted octanol–water partition coefficient (Wildman–Crippen LogP) is 5.87. The van der Waals surface area contributed by atoms with Crippen LogP contribution in [0.3, 0.4) is 0 Å². The highest BCUT2D eigenvalue weighted by Crippen LogP contribution is 2.30. The first-order valence-corrected chi connectivity index (χ1v) is 15.5. The second-order valence-corrected chi connectivity index (χ2v) is 13.8. The van der Waals surface area contributed by atoms with E-state index in [0.29, 0.717) is 11.1 Å². The summed E-state index contributed by atoms with van der Waals surface area (Å²) in [6.07, 6.45) is 4.35. The van der Waals surface area contributed by atoms with Crippen LogP contribution in [0.5, 0.6) is 0 Å². The van der Waals surface area contributed by atoms with Gasteiger partial charge in [-0.05, 0) is 27.2 Å². The van der Waals surface area contributed by atoms with Gasteiger partial charge in [-0.1, -0.05) is 164 Å². The Bertz CT molecular complexity index is 1410. The Morgan fingerprint density at radius 2 is 0.949 bits per heavy atom. The van der Waals surface area contributed by atoms with Gasteiger partial charge in [0.15, 0.2) is 19.5 Å². The predicted molar refractivity (Wildman–Crippen MR) is 164 cm³/mol. The summed E-state index contributed by atoms with van der Waals surface area (Å²) >= 11 is 0. The van der Waals surface area contributed by atoms with Crippen LogP contribution in [0.1, 0.15) is 22.3 Å². The number of ketones is 1. The second-order valence-electron chi connectivity index (χ2n) is 9.80. The molecule has 5 aromatic carbocycles. The average Bonchev–Trinajstić information content (AvgIpc) is 3.03. The smallest absolute Gasteiger partial charge is 0.199 e.